The van der Waals surface area contributed by atoms with Crippen LogP contribution in [0.1, 0.15) is 47.7 Å². The van der Waals surface area contributed by atoms with Gasteiger partial charge in [-0.05, 0) is 49.3 Å². The van der Waals surface area contributed by atoms with Gasteiger partial charge < -0.3 is 4.74 Å². The molecule has 1 aromatic carbocycles. The Morgan fingerprint density at radius 3 is 2.65 bits per heavy atom. The maximum atomic E-state index is 11.7. The van der Waals surface area contributed by atoms with E-state index in [-0.39, 0.29) is 11.7 Å². The average Bonchev–Trinajstić information content (AvgIpc) is 2.67. The number of hydrogen-bond donors (Lipinski definition) is 0. The maximum Gasteiger partial charge on any atom is 0.316 e. The number of nitrogens with zero attached hydrogens (tertiary/aromatic N) is 2. The molecule has 0 radical (unpaired) electrons. The van der Waals surface area contributed by atoms with Gasteiger partial charge in [0, 0.05) is 12.1 Å². The summed E-state index contributed by atoms with van der Waals surface area (Å²) in [7, 11) is 0. The number of carbonyl (C=O) groups excluding carboxylic acids is 1. The molecule has 0 amide bonds. The van der Waals surface area contributed by atoms with Crippen LogP contribution in [0, 0.1) is 11.3 Å². The molecule has 0 atom stereocenters. The molecule has 0 aliphatic heterocycles. The number of rotatable bonds is 6. The summed E-state index contributed by atoms with van der Waals surface area (Å²) in [5, 5.41) is 10.4. The van der Waals surface area contributed by atoms with Crippen LogP contribution >= 0.6 is 11.8 Å². The highest BCUT2D eigenvalue weighted by Crippen LogP contribution is 2.33. The van der Waals surface area contributed by atoms with Crippen LogP contribution in [0.5, 0.6) is 0 Å². The lowest BCUT2D eigenvalue weighted by atomic mass is 9.87. The van der Waals surface area contributed by atoms with Gasteiger partial charge in [-0.3, -0.25) is 4.79 Å². The van der Waals surface area contributed by atoms with E-state index in [1.165, 1.54) is 22.9 Å². The highest BCUT2D eigenvalue weighted by Gasteiger charge is 2.23. The minimum atomic E-state index is -0.273. The molecule has 134 valence electrons. The summed E-state index contributed by atoms with van der Waals surface area (Å²) < 4.78 is 5.01. The lowest BCUT2D eigenvalue weighted by molar-refractivity contribution is -0.139. The molecule has 0 bridgehead atoms. The molecule has 0 fully saturated rings. The molecule has 2 aromatic rings. The molecule has 1 aromatic heterocycles. The van der Waals surface area contributed by atoms with Crippen molar-refractivity contribution in [3.05, 3.63) is 58.3 Å². The fourth-order valence-corrected chi connectivity index (χ4v) is 4.19. The largest absolute Gasteiger partial charge is 0.465 e. The molecule has 26 heavy (non-hydrogen) atoms. The molecule has 0 spiro atoms. The van der Waals surface area contributed by atoms with Crippen molar-refractivity contribution in [3.8, 4) is 6.07 Å². The minimum absolute atomic E-state index is 0.180. The highest BCUT2D eigenvalue weighted by molar-refractivity contribution is 7.99. The van der Waals surface area contributed by atoms with Crippen molar-refractivity contribution in [2.75, 3.05) is 12.4 Å². The van der Waals surface area contributed by atoms with E-state index >= 15 is 0 Å². The van der Waals surface area contributed by atoms with Gasteiger partial charge >= 0.3 is 5.97 Å². The van der Waals surface area contributed by atoms with Crippen molar-refractivity contribution in [2.24, 2.45) is 0 Å². The first-order valence-electron chi connectivity index (χ1n) is 9.00. The van der Waals surface area contributed by atoms with Crippen molar-refractivity contribution in [1.29, 1.82) is 5.26 Å². The van der Waals surface area contributed by atoms with Gasteiger partial charge in [0.05, 0.1) is 17.9 Å². The van der Waals surface area contributed by atoms with Crippen molar-refractivity contribution < 1.29 is 9.53 Å². The van der Waals surface area contributed by atoms with Crippen molar-refractivity contribution in [2.45, 2.75) is 44.1 Å². The van der Waals surface area contributed by atoms with E-state index in [0.717, 1.165) is 43.4 Å². The SMILES string of the molecule is CCOC(=O)CSc1nc(Cc2ccccc2)c2c(c1C#N)CCCC2. The second-order valence-corrected chi connectivity index (χ2v) is 7.23. The summed E-state index contributed by atoms with van der Waals surface area (Å²) in [5.41, 5.74) is 5.25. The van der Waals surface area contributed by atoms with Gasteiger partial charge in [-0.15, -0.1) is 0 Å². The molecule has 4 nitrogen and oxygen atoms in total. The molecule has 0 unspecified atom stereocenters. The van der Waals surface area contributed by atoms with Crippen LogP contribution in [0.15, 0.2) is 35.4 Å². The number of thioether (sulfide) groups is 1. The highest BCUT2D eigenvalue weighted by atomic mass is 32.2. The van der Waals surface area contributed by atoms with E-state index in [4.69, 9.17) is 9.72 Å². The lowest BCUT2D eigenvalue weighted by Crippen LogP contribution is -2.14. The van der Waals surface area contributed by atoms with Crippen LogP contribution in [0.3, 0.4) is 0 Å². The summed E-state index contributed by atoms with van der Waals surface area (Å²) in [6.07, 6.45) is 4.87. The Morgan fingerprint density at radius 2 is 1.96 bits per heavy atom. The van der Waals surface area contributed by atoms with Gasteiger partial charge in [0.15, 0.2) is 0 Å². The number of hydrogen-bond acceptors (Lipinski definition) is 5. The van der Waals surface area contributed by atoms with E-state index in [0.29, 0.717) is 17.2 Å². The Bertz CT molecular complexity index is 828. The number of benzene rings is 1. The molecule has 1 heterocycles. The zero-order chi connectivity index (χ0) is 18.4. The van der Waals surface area contributed by atoms with Crippen LogP contribution in [0.25, 0.3) is 0 Å². The molecule has 1 aliphatic carbocycles. The van der Waals surface area contributed by atoms with Gasteiger partial charge in [0.1, 0.15) is 11.1 Å². The van der Waals surface area contributed by atoms with E-state index in [9.17, 15) is 10.1 Å². The summed E-state index contributed by atoms with van der Waals surface area (Å²) in [5.74, 6) is -0.0930. The Morgan fingerprint density at radius 1 is 1.23 bits per heavy atom. The van der Waals surface area contributed by atoms with E-state index in [1.54, 1.807) is 6.92 Å². The number of nitriles is 1. The van der Waals surface area contributed by atoms with E-state index in [1.807, 2.05) is 18.2 Å². The predicted octanol–water partition coefficient (Wildman–Crippen LogP) is 4.08. The third-order valence-electron chi connectivity index (χ3n) is 4.53. The average molecular weight is 366 g/mol. The molecular formula is C21H22N2O2S. The number of pyridine rings is 1. The Balaban J connectivity index is 1.96. The normalized spacial score (nSPS) is 12.9. The zero-order valence-corrected chi connectivity index (χ0v) is 15.8. The van der Waals surface area contributed by atoms with Gasteiger partial charge in [-0.2, -0.15) is 5.26 Å². The van der Waals surface area contributed by atoms with Gasteiger partial charge in [0.25, 0.3) is 0 Å². The number of carbonyl (C=O) groups is 1. The van der Waals surface area contributed by atoms with Gasteiger partial charge in [-0.1, -0.05) is 42.1 Å². The summed E-state index contributed by atoms with van der Waals surface area (Å²) >= 11 is 1.31. The molecule has 3 rings (SSSR count). The Labute approximate surface area is 158 Å². The third kappa shape index (κ3) is 4.25. The van der Waals surface area contributed by atoms with Crippen LogP contribution in [0.4, 0.5) is 0 Å². The molecule has 5 heteroatoms. The first kappa shape index (κ1) is 18.5. The van der Waals surface area contributed by atoms with Crippen molar-refractivity contribution in [3.63, 3.8) is 0 Å². The first-order valence-corrected chi connectivity index (χ1v) is 9.98. The van der Waals surface area contributed by atoms with E-state index < -0.39 is 0 Å². The second-order valence-electron chi connectivity index (χ2n) is 6.27. The number of fused-ring (bicyclic) bond motifs is 1. The van der Waals surface area contributed by atoms with E-state index in [2.05, 4.69) is 18.2 Å². The number of aromatic nitrogens is 1. The topological polar surface area (TPSA) is 63.0 Å². The molecule has 0 saturated carbocycles. The molecule has 1 aliphatic rings. The van der Waals surface area contributed by atoms with Crippen molar-refractivity contribution in [1.82, 2.24) is 4.98 Å². The first-order chi connectivity index (χ1) is 12.7. The molecule has 0 saturated heterocycles. The number of esters is 1. The predicted molar refractivity (Wildman–Crippen MR) is 102 cm³/mol. The fraction of sp³-hybridized carbons (Fsp3) is 0.381. The summed E-state index contributed by atoms with van der Waals surface area (Å²) in [6.45, 7) is 2.15. The summed E-state index contributed by atoms with van der Waals surface area (Å²) in [4.78, 5) is 16.5. The smallest absolute Gasteiger partial charge is 0.316 e. The third-order valence-corrected chi connectivity index (χ3v) is 5.48. The lowest BCUT2D eigenvalue weighted by Gasteiger charge is -2.22. The van der Waals surface area contributed by atoms with Crippen LogP contribution in [-0.2, 0) is 28.8 Å². The standard InChI is InChI=1S/C21H22N2O2S/c1-2-25-20(24)14-26-21-18(13-22)16-10-6-7-11-17(16)19(23-21)12-15-8-4-3-5-9-15/h3-5,8-9H,2,6-7,10-12,14H2,1H3. The zero-order valence-electron chi connectivity index (χ0n) is 15.0. The summed E-state index contributed by atoms with van der Waals surface area (Å²) in [6, 6.07) is 12.6. The minimum Gasteiger partial charge on any atom is -0.465 e. The van der Waals surface area contributed by atoms with Crippen LogP contribution in [0.2, 0.25) is 0 Å². The van der Waals surface area contributed by atoms with Crippen molar-refractivity contribution >= 4 is 17.7 Å². The monoisotopic (exact) mass is 366 g/mol. The second kappa shape index (κ2) is 8.86. The Kier molecular flexibility index (Phi) is 6.30. The quantitative estimate of drug-likeness (QED) is 0.569. The Hall–Kier alpha value is -2.32. The van der Waals surface area contributed by atoms with Gasteiger partial charge in [-0.25, -0.2) is 4.98 Å². The fourth-order valence-electron chi connectivity index (χ4n) is 3.36. The molecule has 0 N–H and O–H groups in total. The number of ether oxygens (including phenoxy) is 1. The van der Waals surface area contributed by atoms with Gasteiger partial charge in [0.2, 0.25) is 0 Å². The van der Waals surface area contributed by atoms with Crippen LogP contribution in [-0.4, -0.2) is 23.3 Å². The van der Waals surface area contributed by atoms with Crippen LogP contribution < -0.4 is 0 Å². The molecular weight excluding hydrogens is 344 g/mol. The maximum absolute atomic E-state index is 11.7.